The lowest BCUT2D eigenvalue weighted by molar-refractivity contribution is 0.172. The van der Waals surface area contributed by atoms with Crippen LogP contribution in [0.25, 0.3) is 0 Å². The molecule has 0 aliphatic rings. The van der Waals surface area contributed by atoms with Crippen LogP contribution in [0.3, 0.4) is 0 Å². The normalized spacial score (nSPS) is 11.5. The quantitative estimate of drug-likeness (QED) is 0.269. The second-order valence-corrected chi connectivity index (χ2v) is 8.02. The van der Waals surface area contributed by atoms with Gasteiger partial charge in [0.05, 0.1) is 6.61 Å². The number of thiophene rings is 1. The molecule has 0 aliphatic heterocycles. The molecule has 2 N–H and O–H groups in total. The van der Waals surface area contributed by atoms with Gasteiger partial charge in [0, 0.05) is 50.4 Å². The van der Waals surface area contributed by atoms with Crippen LogP contribution in [0.15, 0.2) is 46.8 Å². The molecule has 166 valence electrons. The van der Waals surface area contributed by atoms with Gasteiger partial charge < -0.3 is 24.7 Å². The van der Waals surface area contributed by atoms with Crippen molar-refractivity contribution in [3.63, 3.8) is 0 Å². The molecule has 0 bridgehead atoms. The van der Waals surface area contributed by atoms with Gasteiger partial charge in [-0.2, -0.15) is 0 Å². The molecule has 0 aliphatic carbocycles. The maximum Gasteiger partial charge on any atom is 0.196 e. The summed E-state index contributed by atoms with van der Waals surface area (Å²) in [5.74, 6) is 3.17. The van der Waals surface area contributed by atoms with E-state index in [9.17, 15) is 0 Å². The highest BCUT2D eigenvalue weighted by Gasteiger charge is 2.07. The fourth-order valence-corrected chi connectivity index (χ4v) is 3.54. The fraction of sp³-hybridized carbons (Fsp3) is 0.409. The van der Waals surface area contributed by atoms with E-state index in [1.165, 1.54) is 4.88 Å². The van der Waals surface area contributed by atoms with E-state index >= 15 is 0 Å². The molecular weight excluding hydrogens is 412 g/mol. The minimum atomic E-state index is 0.429. The number of aryl methyl sites for hydroxylation is 1. The van der Waals surface area contributed by atoms with Gasteiger partial charge in [-0.15, -0.1) is 21.5 Å². The molecule has 3 rings (SSSR count). The number of methoxy groups -OCH3 is 1. The Balaban J connectivity index is 1.65. The lowest BCUT2D eigenvalue weighted by Gasteiger charge is -2.14. The average Bonchev–Trinajstić information content (AvgIpc) is 3.40. The molecule has 31 heavy (non-hydrogen) atoms. The maximum atomic E-state index is 5.81. The first-order valence-corrected chi connectivity index (χ1v) is 11.2. The van der Waals surface area contributed by atoms with Gasteiger partial charge >= 0.3 is 0 Å². The molecule has 0 atom stereocenters. The van der Waals surface area contributed by atoms with Crippen LogP contribution in [-0.4, -0.2) is 47.6 Å². The van der Waals surface area contributed by atoms with Gasteiger partial charge in [0.15, 0.2) is 11.8 Å². The van der Waals surface area contributed by atoms with Crippen LogP contribution < -0.4 is 15.4 Å². The standard InChI is InChI=1S/C22H30N6O2S/c1-17-26-27-21(28(17)2)16-24-22(23-11-10-20-9-5-14-31-20)25-18-7-4-8-19(15-18)30-13-6-12-29-3/h4-5,7-9,14-15H,6,10-13,16H2,1-3H3,(H2,23,24,25). The molecule has 0 amide bonds. The van der Waals surface area contributed by atoms with Crippen molar-refractivity contribution in [3.8, 4) is 5.75 Å². The molecular formula is C22H30N6O2S. The monoisotopic (exact) mass is 442 g/mol. The maximum absolute atomic E-state index is 5.81. The van der Waals surface area contributed by atoms with E-state index in [0.29, 0.717) is 25.7 Å². The number of nitrogens with one attached hydrogen (secondary N) is 2. The van der Waals surface area contributed by atoms with Crippen LogP contribution in [0.5, 0.6) is 5.75 Å². The number of hydrogen-bond acceptors (Lipinski definition) is 6. The van der Waals surface area contributed by atoms with Crippen LogP contribution >= 0.6 is 11.3 Å². The van der Waals surface area contributed by atoms with E-state index in [2.05, 4.69) is 38.3 Å². The lowest BCUT2D eigenvalue weighted by atomic mass is 10.3. The van der Waals surface area contributed by atoms with Crippen molar-refractivity contribution in [1.82, 2.24) is 20.1 Å². The molecule has 0 radical (unpaired) electrons. The summed E-state index contributed by atoms with van der Waals surface area (Å²) in [4.78, 5) is 6.05. The van der Waals surface area contributed by atoms with Crippen LogP contribution in [-0.2, 0) is 24.8 Å². The number of benzene rings is 1. The minimum absolute atomic E-state index is 0.429. The van der Waals surface area contributed by atoms with Crippen molar-refractivity contribution in [2.45, 2.75) is 26.3 Å². The molecule has 2 aromatic heterocycles. The van der Waals surface area contributed by atoms with Gasteiger partial charge in [-0.3, -0.25) is 0 Å². The smallest absolute Gasteiger partial charge is 0.196 e. The van der Waals surface area contributed by atoms with Crippen LogP contribution in [0.2, 0.25) is 0 Å². The highest BCUT2D eigenvalue weighted by Crippen LogP contribution is 2.17. The molecule has 3 aromatic rings. The SMILES string of the molecule is COCCCOc1cccc(NC(=NCc2nnc(C)n2C)NCCc2cccs2)c1. The van der Waals surface area contributed by atoms with Crippen molar-refractivity contribution >= 4 is 23.0 Å². The Labute approximate surface area is 187 Å². The number of rotatable bonds is 11. The summed E-state index contributed by atoms with van der Waals surface area (Å²) in [5, 5.41) is 17.2. The first-order valence-electron chi connectivity index (χ1n) is 10.3. The number of hydrogen-bond donors (Lipinski definition) is 2. The second-order valence-electron chi connectivity index (χ2n) is 6.99. The third kappa shape index (κ3) is 7.37. The molecule has 1 aromatic carbocycles. The Kier molecular flexibility index (Phi) is 8.86. The highest BCUT2D eigenvalue weighted by molar-refractivity contribution is 7.09. The zero-order valence-corrected chi connectivity index (χ0v) is 19.1. The third-order valence-electron chi connectivity index (χ3n) is 4.66. The fourth-order valence-electron chi connectivity index (χ4n) is 2.83. The number of ether oxygens (including phenoxy) is 2. The van der Waals surface area contributed by atoms with Gasteiger partial charge in [-0.1, -0.05) is 12.1 Å². The summed E-state index contributed by atoms with van der Waals surface area (Å²) < 4.78 is 12.8. The first-order chi connectivity index (χ1) is 15.2. The van der Waals surface area contributed by atoms with Crippen molar-refractivity contribution in [1.29, 1.82) is 0 Å². The Hall–Kier alpha value is -2.91. The van der Waals surface area contributed by atoms with Crippen molar-refractivity contribution in [2.24, 2.45) is 12.0 Å². The third-order valence-corrected chi connectivity index (χ3v) is 5.60. The van der Waals surface area contributed by atoms with Gasteiger partial charge in [0.1, 0.15) is 18.1 Å². The van der Waals surface area contributed by atoms with E-state index < -0.39 is 0 Å². The van der Waals surface area contributed by atoms with Gasteiger partial charge in [-0.05, 0) is 36.9 Å². The Morgan fingerprint density at radius 2 is 2.10 bits per heavy atom. The minimum Gasteiger partial charge on any atom is -0.493 e. The Bertz CT molecular complexity index is 955. The van der Waals surface area contributed by atoms with Gasteiger partial charge in [0.25, 0.3) is 0 Å². The van der Waals surface area contributed by atoms with Gasteiger partial charge in [0.2, 0.25) is 0 Å². The molecule has 9 heteroatoms. The molecule has 8 nitrogen and oxygen atoms in total. The summed E-state index contributed by atoms with van der Waals surface area (Å²) >= 11 is 1.76. The summed E-state index contributed by atoms with van der Waals surface area (Å²) in [6.45, 7) is 4.43. The van der Waals surface area contributed by atoms with E-state index in [1.54, 1.807) is 18.4 Å². The largest absolute Gasteiger partial charge is 0.493 e. The average molecular weight is 443 g/mol. The molecule has 0 saturated carbocycles. The molecule has 0 spiro atoms. The summed E-state index contributed by atoms with van der Waals surface area (Å²) in [6.07, 6.45) is 1.78. The molecule has 0 saturated heterocycles. The summed E-state index contributed by atoms with van der Waals surface area (Å²) in [7, 11) is 3.64. The zero-order chi connectivity index (χ0) is 21.9. The van der Waals surface area contributed by atoms with Crippen LogP contribution in [0.1, 0.15) is 22.9 Å². The van der Waals surface area contributed by atoms with Gasteiger partial charge in [-0.25, -0.2) is 4.99 Å². The van der Waals surface area contributed by atoms with E-state index in [-0.39, 0.29) is 0 Å². The zero-order valence-electron chi connectivity index (χ0n) is 18.3. The first kappa shape index (κ1) is 22.8. The van der Waals surface area contributed by atoms with E-state index in [1.807, 2.05) is 42.8 Å². The van der Waals surface area contributed by atoms with Crippen molar-refractivity contribution < 1.29 is 9.47 Å². The predicted octanol–water partition coefficient (Wildman–Crippen LogP) is 3.40. The Morgan fingerprint density at radius 3 is 2.84 bits per heavy atom. The lowest BCUT2D eigenvalue weighted by Crippen LogP contribution is -2.32. The number of aliphatic imine (C=N–C) groups is 1. The topological polar surface area (TPSA) is 85.6 Å². The number of nitrogens with zero attached hydrogens (tertiary/aromatic N) is 4. The van der Waals surface area contributed by atoms with E-state index in [4.69, 9.17) is 14.5 Å². The number of anilines is 1. The molecule has 2 heterocycles. The summed E-state index contributed by atoms with van der Waals surface area (Å²) in [6, 6.07) is 12.1. The van der Waals surface area contributed by atoms with Crippen molar-refractivity contribution in [2.75, 3.05) is 32.2 Å². The molecule has 0 fully saturated rings. The van der Waals surface area contributed by atoms with Crippen LogP contribution in [0, 0.1) is 6.92 Å². The predicted molar refractivity (Wildman–Crippen MR) is 125 cm³/mol. The molecule has 0 unspecified atom stereocenters. The van der Waals surface area contributed by atoms with E-state index in [0.717, 1.165) is 42.5 Å². The van der Waals surface area contributed by atoms with Crippen LogP contribution in [0.4, 0.5) is 5.69 Å². The number of aromatic nitrogens is 3. The number of guanidine groups is 1. The van der Waals surface area contributed by atoms with Crippen molar-refractivity contribution in [3.05, 3.63) is 58.3 Å². The second kappa shape index (κ2) is 12.1. The highest BCUT2D eigenvalue weighted by atomic mass is 32.1. The summed E-state index contributed by atoms with van der Waals surface area (Å²) in [5.41, 5.74) is 0.903. The Morgan fingerprint density at radius 1 is 1.19 bits per heavy atom.